The van der Waals surface area contributed by atoms with Crippen LogP contribution >= 0.6 is 0 Å². The summed E-state index contributed by atoms with van der Waals surface area (Å²) in [6.07, 6.45) is 0. The minimum atomic E-state index is 0.741. The molecule has 1 aromatic heterocycles. The number of nitrogens with one attached hydrogen (secondary N) is 1. The van der Waals surface area contributed by atoms with Crippen LogP contribution in [0.3, 0.4) is 0 Å². The quantitative estimate of drug-likeness (QED) is 0.478. The summed E-state index contributed by atoms with van der Waals surface area (Å²) in [6.45, 7) is 1.86. The Kier molecular flexibility index (Phi) is 1.13. The van der Waals surface area contributed by atoms with Crippen LogP contribution in [0.25, 0.3) is 0 Å². The third-order valence-electron chi connectivity index (χ3n) is 0.585. The molecule has 1 aromatic rings. The topological polar surface area (TPSA) is 41.6 Å². The van der Waals surface area contributed by atoms with Gasteiger partial charge in [-0.25, -0.2) is 0 Å². The molecule has 0 unspecified atom stereocenters. The molecule has 0 atom stereocenters. The molecule has 0 aliphatic rings. The minimum absolute atomic E-state index is 0.741. The third-order valence-corrected chi connectivity index (χ3v) is 1.01. The van der Waals surface area contributed by atoms with E-state index in [0.717, 1.165) is 10.5 Å². The van der Waals surface area contributed by atoms with Gasteiger partial charge in [0.2, 0.25) is 0 Å². The van der Waals surface area contributed by atoms with Crippen molar-refractivity contribution in [1.29, 1.82) is 0 Å². The van der Waals surface area contributed by atoms with Gasteiger partial charge in [0, 0.05) is 0 Å². The molecule has 3 nitrogen and oxygen atoms in total. The van der Waals surface area contributed by atoms with Crippen LogP contribution in [0.4, 0.5) is 0 Å². The van der Waals surface area contributed by atoms with Crippen LogP contribution in [0, 0.1) is 6.92 Å². The Labute approximate surface area is 49.3 Å². The number of rotatable bonds is 0. The van der Waals surface area contributed by atoms with Crippen LogP contribution in [-0.4, -0.2) is 31.2 Å². The van der Waals surface area contributed by atoms with Crippen LogP contribution in [-0.2, 0) is 0 Å². The van der Waals surface area contributed by atoms with E-state index in [9.17, 15) is 0 Å². The van der Waals surface area contributed by atoms with Gasteiger partial charge in [0.1, 0.15) is 0 Å². The van der Waals surface area contributed by atoms with Crippen molar-refractivity contribution in [3.05, 3.63) is 5.82 Å². The summed E-state index contributed by atoms with van der Waals surface area (Å²) in [4.78, 5) is 3.92. The molecular weight excluding hydrogens is 157 g/mol. The predicted octanol–water partition coefficient (Wildman–Crippen LogP) is -1.36. The van der Waals surface area contributed by atoms with E-state index in [1.54, 1.807) is 0 Å². The second-order valence-electron chi connectivity index (χ2n) is 1.22. The molecule has 0 spiro atoms. The molecule has 7 heavy (non-hydrogen) atoms. The van der Waals surface area contributed by atoms with Gasteiger partial charge in [-0.3, -0.25) is 0 Å². The van der Waals surface area contributed by atoms with Gasteiger partial charge in [0.15, 0.2) is 0 Å². The van der Waals surface area contributed by atoms with Crippen molar-refractivity contribution >= 4 is 20.7 Å². The van der Waals surface area contributed by atoms with Gasteiger partial charge in [0.05, 0.1) is 0 Å². The maximum absolute atomic E-state index is 3.92. The summed E-state index contributed by atoms with van der Waals surface area (Å²) in [7, 11) is 0. The van der Waals surface area contributed by atoms with Gasteiger partial charge in [-0.15, -0.1) is 0 Å². The van der Waals surface area contributed by atoms with E-state index in [1.165, 1.54) is 0 Å². The fraction of sp³-hybridized carbons (Fsp3) is 0.333. The number of hydrogen-bond acceptors (Lipinski definition) is 2. The molecule has 0 aliphatic carbocycles. The Morgan fingerprint density at radius 1 is 1.71 bits per heavy atom. The predicted molar refractivity (Wildman–Crippen MR) is 27.9 cm³/mol. The van der Waals surface area contributed by atoms with Gasteiger partial charge in [-0.2, -0.15) is 0 Å². The first-order valence-corrected chi connectivity index (χ1v) is 2.81. The van der Waals surface area contributed by atoms with Crippen molar-refractivity contribution < 1.29 is 0 Å². The van der Waals surface area contributed by atoms with Crippen LogP contribution in [0.1, 0.15) is 5.82 Å². The maximum atomic E-state index is 3.92. The number of hydrogen-bond donors (Lipinski definition) is 1. The Balaban J connectivity index is 3.04. The molecule has 38 valence electrons. The molecule has 0 saturated heterocycles. The molecule has 0 fully saturated rings. The first-order chi connectivity index (χ1) is 3.29. The molecule has 1 heterocycles. The van der Waals surface area contributed by atoms with E-state index < -0.39 is 0 Å². The van der Waals surface area contributed by atoms with Crippen molar-refractivity contribution in [1.82, 2.24) is 15.2 Å². The number of aryl methyl sites for hydroxylation is 1. The Morgan fingerprint density at radius 2 is 2.43 bits per heavy atom. The molecule has 4 heteroatoms. The van der Waals surface area contributed by atoms with Crippen LogP contribution < -0.4 is 4.72 Å². The number of aromatic nitrogens is 3. The van der Waals surface area contributed by atoms with E-state index >= 15 is 0 Å². The fourth-order valence-corrected chi connectivity index (χ4v) is 0.751. The van der Waals surface area contributed by atoms with Crippen molar-refractivity contribution in [2.45, 2.75) is 6.92 Å². The first kappa shape index (κ1) is 4.81. The summed E-state index contributed by atoms with van der Waals surface area (Å²) < 4.78 is 0.741. The summed E-state index contributed by atoms with van der Waals surface area (Å²) in [5.74, 6) is 0.857. The van der Waals surface area contributed by atoms with Gasteiger partial charge in [0.25, 0.3) is 0 Å². The van der Waals surface area contributed by atoms with Gasteiger partial charge >= 0.3 is 48.7 Å². The van der Waals surface area contributed by atoms with Crippen molar-refractivity contribution in [3.8, 4) is 0 Å². The third kappa shape index (κ3) is 1.01. The Bertz CT molecular complexity index is 142. The van der Waals surface area contributed by atoms with E-state index in [1.807, 2.05) is 6.92 Å². The normalized spacial score (nSPS) is 9.43. The van der Waals surface area contributed by atoms with Gasteiger partial charge in [-0.05, 0) is 0 Å². The van der Waals surface area contributed by atoms with Crippen molar-refractivity contribution in [3.63, 3.8) is 0 Å². The number of H-pyrrole nitrogens is 1. The molecule has 0 aliphatic heterocycles. The first-order valence-electron chi connectivity index (χ1n) is 1.87. The van der Waals surface area contributed by atoms with E-state index in [-0.39, 0.29) is 0 Å². The monoisotopic (exact) mass is 163 g/mol. The molecular formula is C3H5N3Se. The zero-order valence-corrected chi connectivity index (χ0v) is 5.72. The average Bonchev–Trinajstić information content (AvgIpc) is 1.87. The van der Waals surface area contributed by atoms with E-state index in [4.69, 9.17) is 0 Å². The Morgan fingerprint density at radius 3 is 2.57 bits per heavy atom. The van der Waals surface area contributed by atoms with Crippen LogP contribution in [0.15, 0.2) is 0 Å². The summed E-state index contributed by atoms with van der Waals surface area (Å²) in [5, 5.41) is 6.44. The Hall–Kier alpha value is -0.341. The molecule has 0 amide bonds. The molecule has 0 saturated carbocycles. The fourth-order valence-electron chi connectivity index (χ4n) is 0.331. The second-order valence-corrected chi connectivity index (χ2v) is 2.06. The molecule has 1 rings (SSSR count). The molecule has 0 aromatic carbocycles. The zero-order valence-electron chi connectivity index (χ0n) is 3.84. The number of nitrogens with zero attached hydrogens (tertiary/aromatic N) is 2. The number of aromatic amines is 1. The van der Waals surface area contributed by atoms with E-state index in [2.05, 4.69) is 31.2 Å². The van der Waals surface area contributed by atoms with Crippen LogP contribution in [0.5, 0.6) is 0 Å². The second kappa shape index (κ2) is 1.64. The van der Waals surface area contributed by atoms with Crippen LogP contribution in [0.2, 0.25) is 0 Å². The standard InChI is InChI=1S/C3H5N3Se/c1-2-4-3(7)6-5-2/h1H3,(H2,4,5,6,7). The molecule has 1 N–H and O–H groups in total. The van der Waals surface area contributed by atoms with Crippen molar-refractivity contribution in [2.24, 2.45) is 0 Å². The van der Waals surface area contributed by atoms with E-state index in [0.29, 0.717) is 0 Å². The molecule has 0 bridgehead atoms. The SMILES string of the molecule is Cc1nc([SeH])n[nH]1. The summed E-state index contributed by atoms with van der Waals surface area (Å²) >= 11 is 2.26. The summed E-state index contributed by atoms with van der Waals surface area (Å²) in [5.41, 5.74) is 0. The van der Waals surface area contributed by atoms with Gasteiger partial charge in [-0.1, -0.05) is 0 Å². The van der Waals surface area contributed by atoms with Gasteiger partial charge < -0.3 is 0 Å². The zero-order chi connectivity index (χ0) is 5.28. The molecule has 0 radical (unpaired) electrons. The van der Waals surface area contributed by atoms with Crippen molar-refractivity contribution in [2.75, 3.05) is 0 Å². The summed E-state index contributed by atoms with van der Waals surface area (Å²) in [6, 6.07) is 0. The average molecular weight is 162 g/mol.